The summed E-state index contributed by atoms with van der Waals surface area (Å²) in [6, 6.07) is 23.9. The number of thiol groups is 1. The van der Waals surface area contributed by atoms with Gasteiger partial charge in [0.2, 0.25) is 0 Å². The van der Waals surface area contributed by atoms with Crippen LogP contribution in [-0.4, -0.2) is 36.1 Å². The van der Waals surface area contributed by atoms with Gasteiger partial charge in [-0.05, 0) is 65.2 Å². The van der Waals surface area contributed by atoms with Crippen molar-refractivity contribution in [2.24, 2.45) is 4.47 Å². The van der Waals surface area contributed by atoms with E-state index in [4.69, 9.17) is 16.9 Å². The van der Waals surface area contributed by atoms with E-state index in [0.29, 0.717) is 34.3 Å². The van der Waals surface area contributed by atoms with E-state index in [-0.39, 0.29) is 17.6 Å². The Balaban J connectivity index is 1.28. The van der Waals surface area contributed by atoms with Gasteiger partial charge in [0.1, 0.15) is 0 Å². The van der Waals surface area contributed by atoms with E-state index in [1.165, 1.54) is 17.7 Å². The molecule has 267 valence electrons. The number of hydrogen-bond donors (Lipinski definition) is 5. The predicted octanol–water partition coefficient (Wildman–Crippen LogP) is 6.24. The number of hydrazine groups is 1. The molecular weight excluding hydrogens is 710 g/mol. The van der Waals surface area contributed by atoms with E-state index >= 15 is 0 Å². The average Bonchev–Trinajstić information content (AvgIpc) is 3.75. The maximum absolute atomic E-state index is 13.3. The van der Waals surface area contributed by atoms with Crippen molar-refractivity contribution in [2.45, 2.75) is 70.7 Å². The van der Waals surface area contributed by atoms with Crippen molar-refractivity contribution in [3.63, 3.8) is 0 Å². The molecule has 3 aromatic carbocycles. The second-order valence-electron chi connectivity index (χ2n) is 13.5. The summed E-state index contributed by atoms with van der Waals surface area (Å²) in [5, 5.41) is 15.2. The van der Waals surface area contributed by atoms with Crippen LogP contribution >= 0.6 is 12.8 Å². The molecule has 0 amide bonds. The summed E-state index contributed by atoms with van der Waals surface area (Å²) in [5.74, 6) is 0.946. The van der Waals surface area contributed by atoms with Crippen LogP contribution in [0.25, 0.3) is 11.5 Å². The number of aromatic nitrogens is 2. The standard InChI is InChI=1S/C36H40F3N8OS2Si/c1-23-30(44-49)22-46(42-23)34-33(40-21-29(41-34)24-13-15-26(16-14-24)36(37,38)39)43-47(45-50)31-11-8-12-32(31)48-51(27-9-6-5-7-10-27)28-19-17-25(18-20-28)35(2,3)4/h5-7,9-10,13-22,31-32,40-41,43-44,49H,8,11-12H2,1-4H3/t31-,32+/m0/s1. The summed E-state index contributed by atoms with van der Waals surface area (Å²) < 4.78 is 55.6. The van der Waals surface area contributed by atoms with E-state index in [1.807, 2.05) is 25.1 Å². The van der Waals surface area contributed by atoms with Gasteiger partial charge in [-0.2, -0.15) is 23.4 Å². The highest BCUT2D eigenvalue weighted by Gasteiger charge is 2.37. The normalized spacial score (nSPS) is 17.9. The molecule has 2 heterocycles. The van der Waals surface area contributed by atoms with Crippen LogP contribution in [0.1, 0.15) is 62.4 Å². The van der Waals surface area contributed by atoms with E-state index in [9.17, 15) is 13.2 Å². The van der Waals surface area contributed by atoms with Crippen LogP contribution in [0, 0.1) is 6.92 Å². The summed E-state index contributed by atoms with van der Waals surface area (Å²) in [6.07, 6.45) is 1.36. The smallest absolute Gasteiger partial charge is 0.402 e. The first-order valence-corrected chi connectivity index (χ1v) is 18.8. The van der Waals surface area contributed by atoms with Gasteiger partial charge in [0, 0.05) is 6.20 Å². The Hall–Kier alpha value is -4.31. The van der Waals surface area contributed by atoms with Gasteiger partial charge in [0.05, 0.1) is 53.4 Å². The number of nitrogens with one attached hydrogen (secondary N) is 4. The molecule has 1 aliphatic heterocycles. The number of halogens is 3. The Bertz CT molecular complexity index is 1890. The molecule has 4 aromatic rings. The molecule has 2 aliphatic rings. The number of rotatable bonds is 11. The van der Waals surface area contributed by atoms with Gasteiger partial charge in [0.15, 0.2) is 11.6 Å². The second kappa shape index (κ2) is 15.1. The van der Waals surface area contributed by atoms with Crippen molar-refractivity contribution in [1.29, 1.82) is 0 Å². The van der Waals surface area contributed by atoms with E-state index in [1.54, 1.807) is 22.2 Å². The number of anilines is 1. The number of aryl methyl sites for hydroxylation is 1. The first kappa shape index (κ1) is 36.5. The zero-order valence-corrected chi connectivity index (χ0v) is 31.3. The molecule has 1 aromatic heterocycles. The third-order valence-corrected chi connectivity index (χ3v) is 11.7. The zero-order chi connectivity index (χ0) is 36.3. The number of hydrogen-bond acceptors (Lipinski definition) is 9. The lowest BCUT2D eigenvalue weighted by molar-refractivity contribution is -0.137. The SMILES string of the molecule is Cc1nn(C2=C(NN(N=S)[C@H]3CCC[C@H]3O[Si](c3ccccc3)c3ccc(C(C)(C)C)cc3)NC=C(c3ccc(C(F)(F)F)cc3)N2)cc1NS. The van der Waals surface area contributed by atoms with Gasteiger partial charge >= 0.3 is 6.18 Å². The van der Waals surface area contributed by atoms with E-state index in [0.717, 1.165) is 41.8 Å². The molecule has 2 atom stereocenters. The van der Waals surface area contributed by atoms with Gasteiger partial charge in [0.25, 0.3) is 9.04 Å². The molecule has 1 fully saturated rings. The van der Waals surface area contributed by atoms with Crippen LogP contribution < -0.4 is 31.2 Å². The van der Waals surface area contributed by atoms with Crippen LogP contribution in [0.3, 0.4) is 0 Å². The minimum Gasteiger partial charge on any atom is -0.402 e. The van der Waals surface area contributed by atoms with Crippen LogP contribution in [0.15, 0.2) is 102 Å². The van der Waals surface area contributed by atoms with Gasteiger partial charge in [-0.1, -0.05) is 105 Å². The molecule has 0 bridgehead atoms. The van der Waals surface area contributed by atoms with Crippen molar-refractivity contribution >= 4 is 61.9 Å². The number of benzene rings is 3. The molecule has 1 saturated carbocycles. The minimum absolute atomic E-state index is 0.0373. The topological polar surface area (TPSA) is 90.8 Å². The zero-order valence-electron chi connectivity index (χ0n) is 28.6. The maximum atomic E-state index is 13.3. The maximum Gasteiger partial charge on any atom is 0.416 e. The van der Waals surface area contributed by atoms with Gasteiger partial charge in [-0.15, -0.1) is 0 Å². The van der Waals surface area contributed by atoms with Gasteiger partial charge in [-0.3, -0.25) is 5.43 Å². The Kier molecular flexibility index (Phi) is 10.8. The lowest BCUT2D eigenvalue weighted by Crippen LogP contribution is -2.53. The third kappa shape index (κ3) is 8.27. The lowest BCUT2D eigenvalue weighted by atomic mass is 9.87. The first-order chi connectivity index (χ1) is 24.4. The summed E-state index contributed by atoms with van der Waals surface area (Å²) in [7, 11) is -1.64. The second-order valence-corrected chi connectivity index (χ2v) is 16.0. The van der Waals surface area contributed by atoms with Crippen molar-refractivity contribution in [3.05, 3.63) is 119 Å². The van der Waals surface area contributed by atoms with Crippen molar-refractivity contribution in [3.8, 4) is 0 Å². The lowest BCUT2D eigenvalue weighted by Gasteiger charge is -2.34. The highest BCUT2D eigenvalue weighted by atomic mass is 32.1. The fraction of sp³-hybridized carbons (Fsp3) is 0.306. The predicted molar refractivity (Wildman–Crippen MR) is 202 cm³/mol. The van der Waals surface area contributed by atoms with Crippen LogP contribution in [0.5, 0.6) is 0 Å². The van der Waals surface area contributed by atoms with Crippen LogP contribution in [-0.2, 0) is 28.4 Å². The van der Waals surface area contributed by atoms with Crippen molar-refractivity contribution in [1.82, 2.24) is 31.0 Å². The largest absolute Gasteiger partial charge is 0.416 e. The number of alkyl halides is 3. The Morgan fingerprint density at radius 3 is 2.25 bits per heavy atom. The van der Waals surface area contributed by atoms with Crippen molar-refractivity contribution in [2.75, 3.05) is 4.72 Å². The molecule has 6 rings (SSSR count). The van der Waals surface area contributed by atoms with Crippen molar-refractivity contribution < 1.29 is 17.6 Å². The monoisotopic (exact) mass is 749 g/mol. The Morgan fingerprint density at radius 2 is 1.65 bits per heavy atom. The quantitative estimate of drug-likeness (QED) is 0.0701. The van der Waals surface area contributed by atoms with Crippen LogP contribution in [0.4, 0.5) is 18.9 Å². The highest BCUT2D eigenvalue weighted by Crippen LogP contribution is 2.31. The summed E-state index contributed by atoms with van der Waals surface area (Å²) in [6.45, 7) is 8.45. The van der Waals surface area contributed by atoms with Gasteiger partial charge in [-0.25, -0.2) is 4.68 Å². The summed E-state index contributed by atoms with van der Waals surface area (Å²) >= 11 is 9.54. The molecule has 1 radical (unpaired) electrons. The molecule has 4 N–H and O–H groups in total. The average molecular weight is 750 g/mol. The molecule has 1 aliphatic carbocycles. The molecular formula is C36H40F3N8OS2Si. The molecule has 9 nitrogen and oxygen atoms in total. The third-order valence-electron chi connectivity index (χ3n) is 8.99. The molecule has 0 unspecified atom stereocenters. The highest BCUT2D eigenvalue weighted by molar-refractivity contribution is 7.81. The fourth-order valence-corrected chi connectivity index (χ4v) is 8.67. The first-order valence-electron chi connectivity index (χ1n) is 16.6. The van der Waals surface area contributed by atoms with Crippen LogP contribution in [0.2, 0.25) is 0 Å². The minimum atomic E-state index is -4.44. The number of nitrogens with zero attached hydrogens (tertiary/aromatic N) is 4. The fourth-order valence-electron chi connectivity index (χ4n) is 6.14. The Labute approximate surface area is 308 Å². The summed E-state index contributed by atoms with van der Waals surface area (Å²) in [4.78, 5) is 0. The van der Waals surface area contributed by atoms with E-state index in [2.05, 4.69) is 100 Å². The molecule has 0 saturated heterocycles. The molecule has 15 heteroatoms. The molecule has 0 spiro atoms. The molecule has 51 heavy (non-hydrogen) atoms. The van der Waals surface area contributed by atoms with E-state index < -0.39 is 20.8 Å². The van der Waals surface area contributed by atoms with Gasteiger partial charge < -0.3 is 19.8 Å². The Morgan fingerprint density at radius 1 is 0.980 bits per heavy atom. The summed E-state index contributed by atoms with van der Waals surface area (Å²) in [5.41, 5.74) is 6.37.